The van der Waals surface area contributed by atoms with Gasteiger partial charge in [0.05, 0.1) is 0 Å². The molecule has 0 radical (unpaired) electrons. The molecule has 1 amide bonds. The minimum atomic E-state index is 0.198. The molecule has 1 aliphatic heterocycles. The molecule has 0 spiro atoms. The summed E-state index contributed by atoms with van der Waals surface area (Å²) in [5.41, 5.74) is 8.72. The zero-order valence-electron chi connectivity index (χ0n) is 10.8. The van der Waals surface area contributed by atoms with Crippen molar-refractivity contribution in [3.05, 3.63) is 23.8 Å². The molecule has 0 fully saturated rings. The highest BCUT2D eigenvalue weighted by molar-refractivity contribution is 5.96. The predicted octanol–water partition coefficient (Wildman–Crippen LogP) is 1.97. The standard InChI is InChI=1S/C14H20N2O2/c1-2-18-9-3-8-16-13-6-5-12(15)10-11(13)4-7-14(16)17/h5-6,10H,2-4,7-9,15H2,1H3. The van der Waals surface area contributed by atoms with E-state index in [1.165, 1.54) is 5.56 Å². The van der Waals surface area contributed by atoms with Gasteiger partial charge < -0.3 is 15.4 Å². The van der Waals surface area contributed by atoms with E-state index in [1.807, 2.05) is 30.0 Å². The van der Waals surface area contributed by atoms with Crippen LogP contribution in [0.1, 0.15) is 25.3 Å². The summed E-state index contributed by atoms with van der Waals surface area (Å²) >= 11 is 0. The number of rotatable bonds is 5. The average Bonchev–Trinajstić information content (AvgIpc) is 2.37. The molecule has 0 bridgehead atoms. The molecule has 2 rings (SSSR count). The van der Waals surface area contributed by atoms with Crippen molar-refractivity contribution in [1.82, 2.24) is 0 Å². The van der Waals surface area contributed by atoms with E-state index in [1.54, 1.807) is 0 Å². The number of nitrogen functional groups attached to an aromatic ring is 1. The molecule has 2 N–H and O–H groups in total. The van der Waals surface area contributed by atoms with Gasteiger partial charge in [0.1, 0.15) is 0 Å². The van der Waals surface area contributed by atoms with Gasteiger partial charge >= 0.3 is 0 Å². The Balaban J connectivity index is 2.08. The highest BCUT2D eigenvalue weighted by Gasteiger charge is 2.23. The first-order valence-corrected chi connectivity index (χ1v) is 6.49. The first-order chi connectivity index (χ1) is 8.72. The van der Waals surface area contributed by atoms with E-state index >= 15 is 0 Å². The van der Waals surface area contributed by atoms with Crippen molar-refractivity contribution in [3.8, 4) is 0 Å². The lowest BCUT2D eigenvalue weighted by Crippen LogP contribution is -2.36. The van der Waals surface area contributed by atoms with Crippen molar-refractivity contribution >= 4 is 17.3 Å². The zero-order chi connectivity index (χ0) is 13.0. The van der Waals surface area contributed by atoms with Crippen molar-refractivity contribution in [2.75, 3.05) is 30.4 Å². The molecular formula is C14H20N2O2. The van der Waals surface area contributed by atoms with Crippen molar-refractivity contribution in [3.63, 3.8) is 0 Å². The molecule has 1 aliphatic rings. The molecule has 18 heavy (non-hydrogen) atoms. The maximum atomic E-state index is 12.0. The second kappa shape index (κ2) is 5.87. The third kappa shape index (κ3) is 2.82. The molecule has 0 aromatic heterocycles. The molecule has 0 aliphatic carbocycles. The quantitative estimate of drug-likeness (QED) is 0.640. The number of hydrogen-bond donors (Lipinski definition) is 1. The summed E-state index contributed by atoms with van der Waals surface area (Å²) in [7, 11) is 0. The van der Waals surface area contributed by atoms with Gasteiger partial charge in [-0.05, 0) is 43.5 Å². The molecule has 4 nitrogen and oxygen atoms in total. The normalized spacial score (nSPS) is 14.7. The topological polar surface area (TPSA) is 55.6 Å². The molecule has 0 unspecified atom stereocenters. The first kappa shape index (κ1) is 12.9. The maximum absolute atomic E-state index is 12.0. The van der Waals surface area contributed by atoms with Crippen LogP contribution in [-0.4, -0.2) is 25.7 Å². The van der Waals surface area contributed by atoms with Crippen LogP contribution in [0.2, 0.25) is 0 Å². The van der Waals surface area contributed by atoms with Gasteiger partial charge in [0, 0.05) is 37.6 Å². The Labute approximate surface area is 108 Å². The van der Waals surface area contributed by atoms with Gasteiger partial charge in [0.2, 0.25) is 5.91 Å². The monoisotopic (exact) mass is 248 g/mol. The molecule has 0 atom stereocenters. The van der Waals surface area contributed by atoms with Gasteiger partial charge in [-0.3, -0.25) is 4.79 Å². The van der Waals surface area contributed by atoms with E-state index in [4.69, 9.17) is 10.5 Å². The second-order valence-corrected chi connectivity index (χ2v) is 4.48. The van der Waals surface area contributed by atoms with Crippen molar-refractivity contribution in [2.45, 2.75) is 26.2 Å². The predicted molar refractivity (Wildman–Crippen MR) is 72.6 cm³/mol. The van der Waals surface area contributed by atoms with E-state index in [2.05, 4.69) is 0 Å². The number of carbonyl (C=O) groups excluding carboxylic acids is 1. The van der Waals surface area contributed by atoms with Crippen molar-refractivity contribution < 1.29 is 9.53 Å². The molecule has 0 saturated heterocycles. The molecular weight excluding hydrogens is 228 g/mol. The van der Waals surface area contributed by atoms with E-state index < -0.39 is 0 Å². The smallest absolute Gasteiger partial charge is 0.227 e. The van der Waals surface area contributed by atoms with Crippen molar-refractivity contribution in [2.24, 2.45) is 0 Å². The summed E-state index contributed by atoms with van der Waals surface area (Å²) in [5.74, 6) is 0.198. The number of nitrogens with zero attached hydrogens (tertiary/aromatic N) is 1. The van der Waals surface area contributed by atoms with Crippen LogP contribution in [-0.2, 0) is 16.0 Å². The van der Waals surface area contributed by atoms with Gasteiger partial charge in [-0.15, -0.1) is 0 Å². The maximum Gasteiger partial charge on any atom is 0.227 e. The van der Waals surface area contributed by atoms with Crippen LogP contribution in [0.3, 0.4) is 0 Å². The van der Waals surface area contributed by atoms with E-state index in [-0.39, 0.29) is 5.91 Å². The number of hydrogen-bond acceptors (Lipinski definition) is 3. The third-order valence-corrected chi connectivity index (χ3v) is 3.18. The Kier molecular flexibility index (Phi) is 4.20. The van der Waals surface area contributed by atoms with Crippen LogP contribution in [0.25, 0.3) is 0 Å². The molecule has 0 saturated carbocycles. The zero-order valence-corrected chi connectivity index (χ0v) is 10.8. The van der Waals surface area contributed by atoms with Crippen LogP contribution in [0.5, 0.6) is 0 Å². The Bertz CT molecular complexity index is 432. The average molecular weight is 248 g/mol. The summed E-state index contributed by atoms with van der Waals surface area (Å²) in [6, 6.07) is 5.77. The van der Waals surface area contributed by atoms with Crippen LogP contribution < -0.4 is 10.6 Å². The largest absolute Gasteiger partial charge is 0.399 e. The number of fused-ring (bicyclic) bond motifs is 1. The van der Waals surface area contributed by atoms with Crippen LogP contribution in [0.4, 0.5) is 11.4 Å². The van der Waals surface area contributed by atoms with Crippen LogP contribution >= 0.6 is 0 Å². The van der Waals surface area contributed by atoms with Gasteiger partial charge in [-0.2, -0.15) is 0 Å². The van der Waals surface area contributed by atoms with Crippen molar-refractivity contribution in [1.29, 1.82) is 0 Å². The Morgan fingerprint density at radius 1 is 1.39 bits per heavy atom. The molecule has 4 heteroatoms. The Morgan fingerprint density at radius 3 is 3.00 bits per heavy atom. The lowest BCUT2D eigenvalue weighted by atomic mass is 10.0. The highest BCUT2D eigenvalue weighted by Crippen LogP contribution is 2.29. The summed E-state index contributed by atoms with van der Waals surface area (Å²) in [4.78, 5) is 13.8. The highest BCUT2D eigenvalue weighted by atomic mass is 16.5. The second-order valence-electron chi connectivity index (χ2n) is 4.48. The first-order valence-electron chi connectivity index (χ1n) is 6.49. The van der Waals surface area contributed by atoms with E-state index in [0.29, 0.717) is 13.0 Å². The van der Waals surface area contributed by atoms with Gasteiger partial charge in [0.25, 0.3) is 0 Å². The lowest BCUT2D eigenvalue weighted by Gasteiger charge is -2.29. The number of benzene rings is 1. The lowest BCUT2D eigenvalue weighted by molar-refractivity contribution is -0.118. The fourth-order valence-electron chi connectivity index (χ4n) is 2.29. The summed E-state index contributed by atoms with van der Waals surface area (Å²) in [6.45, 7) is 4.12. The van der Waals surface area contributed by atoms with E-state index in [9.17, 15) is 4.79 Å². The fourth-order valence-corrected chi connectivity index (χ4v) is 2.29. The summed E-state index contributed by atoms with van der Waals surface area (Å²) in [5, 5.41) is 0. The molecule has 1 heterocycles. The molecule has 98 valence electrons. The molecule has 1 aromatic rings. The third-order valence-electron chi connectivity index (χ3n) is 3.18. The number of carbonyl (C=O) groups is 1. The number of anilines is 2. The number of nitrogens with two attached hydrogens (primary N) is 1. The number of amides is 1. The minimum Gasteiger partial charge on any atom is -0.399 e. The fraction of sp³-hybridized carbons (Fsp3) is 0.500. The van der Waals surface area contributed by atoms with Crippen LogP contribution in [0.15, 0.2) is 18.2 Å². The summed E-state index contributed by atoms with van der Waals surface area (Å²) in [6.07, 6.45) is 2.23. The number of aryl methyl sites for hydroxylation is 1. The Hall–Kier alpha value is -1.55. The van der Waals surface area contributed by atoms with Crippen LogP contribution in [0, 0.1) is 0 Å². The minimum absolute atomic E-state index is 0.198. The Morgan fingerprint density at radius 2 is 2.22 bits per heavy atom. The SMILES string of the molecule is CCOCCCN1C(=O)CCc2cc(N)ccc21. The number of ether oxygens (including phenoxy) is 1. The molecule has 1 aromatic carbocycles. The van der Waals surface area contributed by atoms with Gasteiger partial charge in [-0.1, -0.05) is 0 Å². The van der Waals surface area contributed by atoms with E-state index in [0.717, 1.165) is 37.4 Å². The van der Waals surface area contributed by atoms with Gasteiger partial charge in [0.15, 0.2) is 0 Å². The van der Waals surface area contributed by atoms with Gasteiger partial charge in [-0.25, -0.2) is 0 Å². The summed E-state index contributed by atoms with van der Waals surface area (Å²) < 4.78 is 5.31.